The van der Waals surface area contributed by atoms with Gasteiger partial charge in [-0.2, -0.15) is 26.3 Å². The lowest BCUT2D eigenvalue weighted by atomic mass is 9.83. The molecule has 3 nitrogen and oxygen atoms in total. The minimum Gasteiger partial charge on any atom is -0.341 e. The molecule has 0 aromatic carbocycles. The second kappa shape index (κ2) is 5.93. The Balaban J connectivity index is 0.00000208. The number of fused-ring (bicyclic) bond motifs is 2. The van der Waals surface area contributed by atoms with Gasteiger partial charge in [0.25, 0.3) is 0 Å². The summed E-state index contributed by atoms with van der Waals surface area (Å²) in [5.41, 5.74) is 2.16. The summed E-state index contributed by atoms with van der Waals surface area (Å²) >= 11 is 0. The second-order valence-electron chi connectivity index (χ2n) is 7.02. The smallest absolute Gasteiger partial charge is 0.341 e. The van der Waals surface area contributed by atoms with E-state index in [2.05, 4.69) is 0 Å². The van der Waals surface area contributed by atoms with Crippen molar-refractivity contribution in [2.75, 3.05) is 13.1 Å². The Morgan fingerprint density at radius 3 is 2.00 bits per heavy atom. The Kier molecular flexibility index (Phi) is 4.85. The number of hydrogen-bond donors (Lipinski definition) is 1. The normalized spacial score (nSPS) is 35.2. The Morgan fingerprint density at radius 2 is 1.58 bits per heavy atom. The third-order valence-electron chi connectivity index (χ3n) is 5.93. The van der Waals surface area contributed by atoms with Gasteiger partial charge in [-0.15, -0.1) is 12.4 Å². The van der Waals surface area contributed by atoms with Gasteiger partial charge in [0.05, 0.1) is 5.92 Å². The molecule has 4 atom stereocenters. The number of hydrogen-bond acceptors (Lipinski definition) is 2. The number of rotatable bonds is 1. The summed E-state index contributed by atoms with van der Waals surface area (Å²) in [4.78, 5) is 13.2. The maximum Gasteiger partial charge on any atom is 0.404 e. The van der Waals surface area contributed by atoms with Gasteiger partial charge in [-0.25, -0.2) is 0 Å². The monoisotopic (exact) mass is 380 g/mol. The summed E-state index contributed by atoms with van der Waals surface area (Å²) in [6.45, 7) is -1.88. The van der Waals surface area contributed by atoms with Crippen LogP contribution in [0.5, 0.6) is 0 Å². The molecule has 0 aromatic heterocycles. The maximum absolute atomic E-state index is 13.1. The summed E-state index contributed by atoms with van der Waals surface area (Å²) in [6, 6.07) is -0.451. The highest BCUT2D eigenvalue weighted by Crippen LogP contribution is 2.56. The fourth-order valence-corrected chi connectivity index (χ4v) is 4.53. The molecule has 1 aliphatic heterocycles. The molecular formula is C14H19ClF6N2O. The molecule has 2 bridgehead atoms. The van der Waals surface area contributed by atoms with Crippen LogP contribution in [-0.4, -0.2) is 42.3 Å². The number of nitrogens with zero attached hydrogens (tertiary/aromatic N) is 1. The van der Waals surface area contributed by atoms with E-state index >= 15 is 0 Å². The van der Waals surface area contributed by atoms with Gasteiger partial charge in [0.1, 0.15) is 0 Å². The van der Waals surface area contributed by atoms with Crippen LogP contribution in [0.4, 0.5) is 26.3 Å². The molecule has 3 rings (SSSR count). The number of carbonyl (C=O) groups excluding carboxylic acids is 1. The number of carbonyl (C=O) groups is 1. The van der Waals surface area contributed by atoms with Crippen LogP contribution < -0.4 is 5.73 Å². The summed E-state index contributed by atoms with van der Waals surface area (Å²) in [5.74, 6) is -1.12. The largest absolute Gasteiger partial charge is 0.404 e. The van der Waals surface area contributed by atoms with Crippen LogP contribution >= 0.6 is 12.4 Å². The zero-order chi connectivity index (χ0) is 17.2. The molecule has 0 radical (unpaired) electrons. The van der Waals surface area contributed by atoms with Gasteiger partial charge in [-0.1, -0.05) is 0 Å². The van der Waals surface area contributed by atoms with Crippen molar-refractivity contribution in [1.82, 2.24) is 4.90 Å². The van der Waals surface area contributed by atoms with Crippen LogP contribution in [0.2, 0.25) is 0 Å². The van der Waals surface area contributed by atoms with E-state index in [-0.39, 0.29) is 24.2 Å². The maximum atomic E-state index is 13.1. The van der Waals surface area contributed by atoms with E-state index in [1.54, 1.807) is 0 Å². The van der Waals surface area contributed by atoms with E-state index in [4.69, 9.17) is 5.73 Å². The number of likely N-dealkylation sites (tertiary alicyclic amines) is 1. The van der Waals surface area contributed by atoms with Crippen molar-refractivity contribution in [2.45, 2.75) is 44.1 Å². The van der Waals surface area contributed by atoms with Crippen molar-refractivity contribution in [3.63, 3.8) is 0 Å². The van der Waals surface area contributed by atoms with Gasteiger partial charge < -0.3 is 10.6 Å². The van der Waals surface area contributed by atoms with Crippen LogP contribution in [0.3, 0.4) is 0 Å². The molecule has 2 N–H and O–H groups in total. The van der Waals surface area contributed by atoms with Gasteiger partial charge in [0.15, 0.2) is 5.41 Å². The molecule has 3 fully saturated rings. The van der Waals surface area contributed by atoms with Crippen LogP contribution in [0.15, 0.2) is 0 Å². The lowest BCUT2D eigenvalue weighted by Gasteiger charge is -2.35. The molecule has 1 heterocycles. The van der Waals surface area contributed by atoms with Crippen molar-refractivity contribution in [2.24, 2.45) is 28.9 Å². The molecule has 1 saturated heterocycles. The van der Waals surface area contributed by atoms with Crippen molar-refractivity contribution in [1.29, 1.82) is 0 Å². The number of halogens is 7. The van der Waals surface area contributed by atoms with E-state index in [1.165, 1.54) is 0 Å². The molecule has 4 unspecified atom stereocenters. The summed E-state index contributed by atoms with van der Waals surface area (Å²) in [5, 5.41) is 0. The highest BCUT2D eigenvalue weighted by molar-refractivity contribution is 5.85. The number of alkyl halides is 6. The Hall–Kier alpha value is -0.700. The third kappa shape index (κ3) is 2.67. The van der Waals surface area contributed by atoms with Crippen LogP contribution in [-0.2, 0) is 4.79 Å². The quantitative estimate of drug-likeness (QED) is 0.710. The van der Waals surface area contributed by atoms with Gasteiger partial charge in [-0.05, 0) is 37.5 Å². The minimum absolute atomic E-state index is 0. The standard InChI is InChI=1S/C14H18F6N2O.ClH/c15-13(16,17)12(14(18,19)20)3-4-22(6-12)11(23)9-7-1-2-8(5-7)10(9)21;/h7-10H,1-6,21H2;1H. The minimum atomic E-state index is -5.43. The van der Waals surface area contributed by atoms with E-state index < -0.39 is 55.1 Å². The van der Waals surface area contributed by atoms with Gasteiger partial charge in [0, 0.05) is 19.1 Å². The first-order valence-corrected chi connectivity index (χ1v) is 7.66. The molecule has 10 heteroatoms. The first kappa shape index (κ1) is 19.6. The number of amides is 1. The lowest BCUT2D eigenvalue weighted by molar-refractivity contribution is -0.334. The summed E-state index contributed by atoms with van der Waals surface area (Å²) < 4.78 is 78.4. The van der Waals surface area contributed by atoms with Crippen LogP contribution in [0.25, 0.3) is 0 Å². The van der Waals surface area contributed by atoms with Crippen LogP contribution in [0.1, 0.15) is 25.7 Å². The van der Waals surface area contributed by atoms with E-state index in [1.807, 2.05) is 0 Å². The SMILES string of the molecule is Cl.NC1C2CCC(C2)C1C(=O)N1CCC(C(F)(F)F)(C(F)(F)F)C1. The molecule has 24 heavy (non-hydrogen) atoms. The first-order chi connectivity index (χ1) is 10.5. The predicted molar refractivity (Wildman–Crippen MR) is 75.3 cm³/mol. The molecule has 2 aliphatic carbocycles. The van der Waals surface area contributed by atoms with Crippen molar-refractivity contribution >= 4 is 18.3 Å². The predicted octanol–water partition coefficient (Wildman–Crippen LogP) is 3.12. The molecule has 1 amide bonds. The Labute approximate surface area is 141 Å². The van der Waals surface area contributed by atoms with Gasteiger partial charge >= 0.3 is 12.4 Å². The van der Waals surface area contributed by atoms with E-state index in [0.717, 1.165) is 24.2 Å². The highest BCUT2D eigenvalue weighted by Gasteiger charge is 2.73. The fraction of sp³-hybridized carbons (Fsp3) is 0.929. The topological polar surface area (TPSA) is 46.3 Å². The van der Waals surface area contributed by atoms with E-state index in [9.17, 15) is 31.1 Å². The molecule has 0 aromatic rings. The zero-order valence-electron chi connectivity index (χ0n) is 12.7. The average Bonchev–Trinajstić information content (AvgIpc) is 3.10. The van der Waals surface area contributed by atoms with Crippen molar-refractivity contribution in [3.05, 3.63) is 0 Å². The zero-order valence-corrected chi connectivity index (χ0v) is 13.5. The number of nitrogens with two attached hydrogens (primary N) is 1. The van der Waals surface area contributed by atoms with E-state index in [0.29, 0.717) is 0 Å². The molecule has 0 spiro atoms. The third-order valence-corrected chi connectivity index (χ3v) is 5.93. The molecule has 140 valence electrons. The Morgan fingerprint density at radius 1 is 1.04 bits per heavy atom. The van der Waals surface area contributed by atoms with Crippen molar-refractivity contribution in [3.8, 4) is 0 Å². The fourth-order valence-electron chi connectivity index (χ4n) is 4.53. The summed E-state index contributed by atoms with van der Waals surface area (Å²) in [7, 11) is 0. The lowest BCUT2D eigenvalue weighted by Crippen LogP contribution is -2.53. The second-order valence-corrected chi connectivity index (χ2v) is 7.02. The molecular weight excluding hydrogens is 362 g/mol. The van der Waals surface area contributed by atoms with Crippen LogP contribution in [0, 0.1) is 23.2 Å². The molecule has 2 saturated carbocycles. The molecule has 3 aliphatic rings. The first-order valence-electron chi connectivity index (χ1n) is 7.66. The average molecular weight is 381 g/mol. The Bertz CT molecular complexity index is 492. The van der Waals surface area contributed by atoms with Crippen molar-refractivity contribution < 1.29 is 31.1 Å². The highest BCUT2D eigenvalue weighted by atomic mass is 35.5. The summed E-state index contributed by atoms with van der Waals surface area (Å²) in [6.07, 6.45) is -9.61. The van der Waals surface area contributed by atoms with Gasteiger partial charge in [0.2, 0.25) is 5.91 Å². The van der Waals surface area contributed by atoms with Gasteiger partial charge in [-0.3, -0.25) is 4.79 Å².